The molecule has 1 aromatic carbocycles. The van der Waals surface area contributed by atoms with E-state index in [1.165, 1.54) is 5.56 Å². The summed E-state index contributed by atoms with van der Waals surface area (Å²) in [5, 5.41) is 3.49. The van der Waals surface area contributed by atoms with Gasteiger partial charge in [0.05, 0.1) is 6.26 Å². The molecule has 1 atom stereocenters. The smallest absolute Gasteiger partial charge is 0.129 e. The molecule has 2 aromatic rings. The molecule has 1 unspecified atom stereocenters. The first kappa shape index (κ1) is 13.8. The van der Waals surface area contributed by atoms with Gasteiger partial charge in [-0.1, -0.05) is 30.3 Å². The third kappa shape index (κ3) is 4.89. The molecule has 0 aliphatic carbocycles. The molecule has 0 fully saturated rings. The van der Waals surface area contributed by atoms with E-state index in [-0.39, 0.29) is 0 Å². The van der Waals surface area contributed by atoms with Crippen LogP contribution in [0.15, 0.2) is 53.1 Å². The Labute approximate surface area is 114 Å². The Hall–Kier alpha value is -1.58. The highest BCUT2D eigenvalue weighted by Crippen LogP contribution is 2.10. The normalized spacial score (nSPS) is 12.5. The SMILES string of the molecule is CC(NCCCOCc1ccco1)c1ccccc1. The first-order chi connectivity index (χ1) is 9.36. The second kappa shape index (κ2) is 7.77. The molecule has 1 heterocycles. The molecule has 0 saturated carbocycles. The fourth-order valence-corrected chi connectivity index (χ4v) is 1.92. The number of benzene rings is 1. The maximum Gasteiger partial charge on any atom is 0.129 e. The largest absolute Gasteiger partial charge is 0.467 e. The highest BCUT2D eigenvalue weighted by Gasteiger charge is 2.02. The van der Waals surface area contributed by atoms with Gasteiger partial charge in [0, 0.05) is 12.6 Å². The lowest BCUT2D eigenvalue weighted by atomic mass is 10.1. The van der Waals surface area contributed by atoms with E-state index in [9.17, 15) is 0 Å². The molecule has 102 valence electrons. The molecule has 0 aliphatic rings. The zero-order chi connectivity index (χ0) is 13.3. The third-order valence-electron chi connectivity index (χ3n) is 3.04. The van der Waals surface area contributed by atoms with Crippen molar-refractivity contribution in [1.82, 2.24) is 5.32 Å². The summed E-state index contributed by atoms with van der Waals surface area (Å²) in [5.74, 6) is 0.880. The van der Waals surface area contributed by atoms with Crippen molar-refractivity contribution < 1.29 is 9.15 Å². The van der Waals surface area contributed by atoms with Crippen molar-refractivity contribution in [3.05, 3.63) is 60.1 Å². The molecule has 0 aliphatic heterocycles. The summed E-state index contributed by atoms with van der Waals surface area (Å²) in [6.45, 7) is 4.43. The lowest BCUT2D eigenvalue weighted by Gasteiger charge is -2.13. The lowest BCUT2D eigenvalue weighted by molar-refractivity contribution is 0.104. The Kier molecular flexibility index (Phi) is 5.66. The summed E-state index contributed by atoms with van der Waals surface area (Å²) in [5.41, 5.74) is 1.32. The van der Waals surface area contributed by atoms with Crippen molar-refractivity contribution in [2.24, 2.45) is 0 Å². The van der Waals surface area contributed by atoms with Crippen LogP contribution >= 0.6 is 0 Å². The fraction of sp³-hybridized carbons (Fsp3) is 0.375. The van der Waals surface area contributed by atoms with Gasteiger partial charge in [0.1, 0.15) is 12.4 Å². The molecule has 0 bridgehead atoms. The maximum absolute atomic E-state index is 5.53. The van der Waals surface area contributed by atoms with E-state index in [1.54, 1.807) is 6.26 Å². The summed E-state index contributed by atoms with van der Waals surface area (Å²) in [4.78, 5) is 0. The van der Waals surface area contributed by atoms with Gasteiger partial charge in [-0.15, -0.1) is 0 Å². The van der Waals surface area contributed by atoms with Crippen LogP contribution in [0.25, 0.3) is 0 Å². The van der Waals surface area contributed by atoms with Gasteiger partial charge < -0.3 is 14.5 Å². The maximum atomic E-state index is 5.53. The lowest BCUT2D eigenvalue weighted by Crippen LogP contribution is -2.20. The van der Waals surface area contributed by atoms with Crippen LogP contribution in [-0.4, -0.2) is 13.2 Å². The van der Waals surface area contributed by atoms with Crippen molar-refractivity contribution in [3.63, 3.8) is 0 Å². The van der Waals surface area contributed by atoms with Gasteiger partial charge >= 0.3 is 0 Å². The van der Waals surface area contributed by atoms with Gasteiger partial charge in [-0.05, 0) is 37.6 Å². The first-order valence-electron chi connectivity index (χ1n) is 6.75. The Morgan fingerprint density at radius 1 is 1.16 bits per heavy atom. The number of nitrogens with one attached hydrogen (secondary N) is 1. The minimum atomic E-state index is 0.381. The minimum absolute atomic E-state index is 0.381. The van der Waals surface area contributed by atoms with E-state index < -0.39 is 0 Å². The average Bonchev–Trinajstić information content (AvgIpc) is 2.96. The van der Waals surface area contributed by atoms with Crippen molar-refractivity contribution in [1.29, 1.82) is 0 Å². The first-order valence-corrected chi connectivity index (χ1v) is 6.75. The predicted molar refractivity (Wildman–Crippen MR) is 75.8 cm³/mol. The average molecular weight is 259 g/mol. The van der Waals surface area contributed by atoms with Crippen LogP contribution in [0.3, 0.4) is 0 Å². The number of hydrogen-bond donors (Lipinski definition) is 1. The second-order valence-electron chi connectivity index (χ2n) is 4.57. The van der Waals surface area contributed by atoms with Gasteiger partial charge in [0.2, 0.25) is 0 Å². The van der Waals surface area contributed by atoms with Crippen LogP contribution in [0, 0.1) is 0 Å². The summed E-state index contributed by atoms with van der Waals surface area (Å²) in [6, 6.07) is 14.7. The molecule has 0 spiro atoms. The van der Waals surface area contributed by atoms with Crippen LogP contribution in [0.4, 0.5) is 0 Å². The molecule has 3 nitrogen and oxygen atoms in total. The Morgan fingerprint density at radius 3 is 2.74 bits per heavy atom. The highest BCUT2D eigenvalue weighted by atomic mass is 16.5. The molecule has 0 radical (unpaired) electrons. The van der Waals surface area contributed by atoms with Crippen LogP contribution < -0.4 is 5.32 Å². The van der Waals surface area contributed by atoms with E-state index in [0.717, 1.165) is 25.3 Å². The molecule has 3 heteroatoms. The molecule has 0 amide bonds. The molecular weight excluding hydrogens is 238 g/mol. The van der Waals surface area contributed by atoms with Crippen LogP contribution in [0.1, 0.15) is 30.7 Å². The quantitative estimate of drug-likeness (QED) is 0.736. The predicted octanol–water partition coefficient (Wildman–Crippen LogP) is 3.54. The molecule has 19 heavy (non-hydrogen) atoms. The number of furan rings is 1. The number of rotatable bonds is 8. The van der Waals surface area contributed by atoms with E-state index in [0.29, 0.717) is 12.6 Å². The zero-order valence-corrected chi connectivity index (χ0v) is 11.3. The Balaban J connectivity index is 1.54. The van der Waals surface area contributed by atoms with Gasteiger partial charge in [-0.3, -0.25) is 0 Å². The second-order valence-corrected chi connectivity index (χ2v) is 4.57. The Bertz CT molecular complexity index is 439. The highest BCUT2D eigenvalue weighted by molar-refractivity contribution is 5.17. The summed E-state index contributed by atoms with van der Waals surface area (Å²) in [6.07, 6.45) is 2.67. The van der Waals surface area contributed by atoms with Crippen LogP contribution in [0.5, 0.6) is 0 Å². The number of ether oxygens (including phenoxy) is 1. The molecule has 1 aromatic heterocycles. The van der Waals surface area contributed by atoms with Crippen LogP contribution in [0.2, 0.25) is 0 Å². The van der Waals surface area contributed by atoms with Crippen molar-refractivity contribution in [2.75, 3.05) is 13.2 Å². The van der Waals surface area contributed by atoms with Gasteiger partial charge in [-0.25, -0.2) is 0 Å². The topological polar surface area (TPSA) is 34.4 Å². The summed E-state index contributed by atoms with van der Waals surface area (Å²) in [7, 11) is 0. The third-order valence-corrected chi connectivity index (χ3v) is 3.04. The molecule has 2 rings (SSSR count). The molecule has 1 N–H and O–H groups in total. The zero-order valence-electron chi connectivity index (χ0n) is 11.3. The van der Waals surface area contributed by atoms with Crippen molar-refractivity contribution in [2.45, 2.75) is 26.0 Å². The van der Waals surface area contributed by atoms with Crippen LogP contribution in [-0.2, 0) is 11.3 Å². The fourth-order valence-electron chi connectivity index (χ4n) is 1.92. The van der Waals surface area contributed by atoms with E-state index >= 15 is 0 Å². The van der Waals surface area contributed by atoms with Crippen molar-refractivity contribution >= 4 is 0 Å². The monoisotopic (exact) mass is 259 g/mol. The molecule has 0 saturated heterocycles. The van der Waals surface area contributed by atoms with Gasteiger partial charge in [0.25, 0.3) is 0 Å². The van der Waals surface area contributed by atoms with Crippen molar-refractivity contribution in [3.8, 4) is 0 Å². The Morgan fingerprint density at radius 2 is 2.00 bits per heavy atom. The van der Waals surface area contributed by atoms with E-state index in [4.69, 9.17) is 9.15 Å². The standard InChI is InChI=1S/C16H21NO2/c1-14(15-7-3-2-4-8-15)17-10-6-11-18-13-16-9-5-12-19-16/h2-5,7-9,12,14,17H,6,10-11,13H2,1H3. The van der Waals surface area contributed by atoms with E-state index in [1.807, 2.05) is 18.2 Å². The minimum Gasteiger partial charge on any atom is -0.467 e. The molecular formula is C16H21NO2. The van der Waals surface area contributed by atoms with Gasteiger partial charge in [-0.2, -0.15) is 0 Å². The van der Waals surface area contributed by atoms with E-state index in [2.05, 4.69) is 36.5 Å². The van der Waals surface area contributed by atoms with Gasteiger partial charge in [0.15, 0.2) is 0 Å². The summed E-state index contributed by atoms with van der Waals surface area (Å²) >= 11 is 0. The summed E-state index contributed by atoms with van der Waals surface area (Å²) < 4.78 is 10.7. The number of hydrogen-bond acceptors (Lipinski definition) is 3.